The van der Waals surface area contributed by atoms with E-state index in [1.807, 2.05) is 24.3 Å². The summed E-state index contributed by atoms with van der Waals surface area (Å²) in [7, 11) is 0. The van der Waals surface area contributed by atoms with Crippen LogP contribution in [0.4, 0.5) is 0 Å². The van der Waals surface area contributed by atoms with Gasteiger partial charge >= 0.3 is 0 Å². The lowest BCUT2D eigenvalue weighted by Gasteiger charge is -1.99. The Morgan fingerprint density at radius 3 is 2.77 bits per heavy atom. The highest BCUT2D eigenvalue weighted by atomic mass is 35.5. The Bertz CT molecular complexity index is 871. The van der Waals surface area contributed by atoms with E-state index in [1.54, 1.807) is 24.4 Å². The summed E-state index contributed by atoms with van der Waals surface area (Å²) >= 11 is 11.8. The van der Waals surface area contributed by atoms with Gasteiger partial charge in [-0.15, -0.1) is 0 Å². The van der Waals surface area contributed by atoms with E-state index in [2.05, 4.69) is 15.5 Å². The number of carbonyl (C=O) groups excluding carboxylic acids is 1. The topological polar surface area (TPSA) is 57.2 Å². The molecule has 1 amide bonds. The number of aromatic amines is 1. The number of hydrogen-bond donors (Lipinski definition) is 2. The van der Waals surface area contributed by atoms with Gasteiger partial charge in [0.2, 0.25) is 0 Å². The summed E-state index contributed by atoms with van der Waals surface area (Å²) in [5, 5.41) is 5.70. The van der Waals surface area contributed by atoms with Gasteiger partial charge in [-0.25, -0.2) is 5.43 Å². The number of fused-ring (bicyclic) bond motifs is 1. The van der Waals surface area contributed by atoms with Crippen LogP contribution in [0.25, 0.3) is 10.9 Å². The van der Waals surface area contributed by atoms with E-state index in [0.29, 0.717) is 15.6 Å². The number of carbonyl (C=O) groups is 1. The van der Waals surface area contributed by atoms with E-state index in [1.165, 1.54) is 6.21 Å². The van der Waals surface area contributed by atoms with E-state index >= 15 is 0 Å². The first-order valence-electron chi connectivity index (χ1n) is 6.50. The zero-order valence-corrected chi connectivity index (χ0v) is 12.8. The first kappa shape index (κ1) is 14.6. The zero-order valence-electron chi connectivity index (χ0n) is 11.3. The standard InChI is InChI=1S/C16H11Cl2N3O/c17-13-6-5-10(7-14(13)18)8-20-21-16(22)12-9-19-15-4-2-1-3-11(12)15/h1-9,19H,(H,21,22)/b20-8+. The van der Waals surface area contributed by atoms with Crippen molar-refractivity contribution in [1.29, 1.82) is 0 Å². The number of hydrazone groups is 1. The van der Waals surface area contributed by atoms with Gasteiger partial charge < -0.3 is 4.98 Å². The number of aromatic nitrogens is 1. The fraction of sp³-hybridized carbons (Fsp3) is 0. The number of amides is 1. The maximum absolute atomic E-state index is 12.1. The average Bonchev–Trinajstić information content (AvgIpc) is 2.95. The molecule has 0 aliphatic rings. The Labute approximate surface area is 136 Å². The Morgan fingerprint density at radius 2 is 1.95 bits per heavy atom. The highest BCUT2D eigenvalue weighted by molar-refractivity contribution is 6.42. The van der Waals surface area contributed by atoms with Gasteiger partial charge in [-0.05, 0) is 23.8 Å². The molecule has 0 atom stereocenters. The van der Waals surface area contributed by atoms with E-state index < -0.39 is 0 Å². The minimum Gasteiger partial charge on any atom is -0.360 e. The Balaban J connectivity index is 1.74. The number of halogens is 2. The molecule has 110 valence electrons. The molecule has 0 spiro atoms. The smallest absolute Gasteiger partial charge is 0.273 e. The predicted octanol–water partition coefficient (Wildman–Crippen LogP) is 4.24. The molecule has 0 radical (unpaired) electrons. The number of nitrogens with one attached hydrogen (secondary N) is 2. The van der Waals surface area contributed by atoms with Crippen LogP contribution >= 0.6 is 23.2 Å². The molecule has 4 nitrogen and oxygen atoms in total. The van der Waals surface area contributed by atoms with E-state index in [-0.39, 0.29) is 5.91 Å². The summed E-state index contributed by atoms with van der Waals surface area (Å²) in [6.45, 7) is 0. The molecule has 2 aromatic carbocycles. The van der Waals surface area contributed by atoms with Crippen LogP contribution in [0.3, 0.4) is 0 Å². The van der Waals surface area contributed by atoms with Gasteiger partial charge in [-0.3, -0.25) is 4.79 Å². The molecule has 0 saturated heterocycles. The van der Waals surface area contributed by atoms with Crippen LogP contribution in [0, 0.1) is 0 Å². The highest BCUT2D eigenvalue weighted by Crippen LogP contribution is 2.21. The molecule has 0 saturated carbocycles. The van der Waals surface area contributed by atoms with Gasteiger partial charge in [0.05, 0.1) is 21.8 Å². The number of hydrogen-bond acceptors (Lipinski definition) is 2. The summed E-state index contributed by atoms with van der Waals surface area (Å²) in [4.78, 5) is 15.2. The van der Waals surface area contributed by atoms with Crippen LogP contribution < -0.4 is 5.43 Å². The van der Waals surface area contributed by atoms with Crippen molar-refractivity contribution in [3.05, 3.63) is 69.8 Å². The Morgan fingerprint density at radius 1 is 1.14 bits per heavy atom. The predicted molar refractivity (Wildman–Crippen MR) is 89.8 cm³/mol. The summed E-state index contributed by atoms with van der Waals surface area (Å²) in [5.41, 5.74) is 4.69. The van der Waals surface area contributed by atoms with Crippen LogP contribution in [0.15, 0.2) is 53.8 Å². The molecule has 22 heavy (non-hydrogen) atoms. The molecule has 6 heteroatoms. The molecular weight excluding hydrogens is 321 g/mol. The number of H-pyrrole nitrogens is 1. The highest BCUT2D eigenvalue weighted by Gasteiger charge is 2.10. The number of rotatable bonds is 3. The first-order chi connectivity index (χ1) is 10.6. The lowest BCUT2D eigenvalue weighted by Crippen LogP contribution is -2.17. The van der Waals surface area contributed by atoms with Gasteiger partial charge in [0.15, 0.2) is 0 Å². The zero-order chi connectivity index (χ0) is 15.5. The summed E-state index contributed by atoms with van der Waals surface area (Å²) in [6, 6.07) is 12.7. The maximum Gasteiger partial charge on any atom is 0.273 e. The summed E-state index contributed by atoms with van der Waals surface area (Å²) in [5.74, 6) is -0.284. The van der Waals surface area contributed by atoms with Crippen LogP contribution in [0.1, 0.15) is 15.9 Å². The minimum atomic E-state index is -0.284. The normalized spacial score (nSPS) is 11.2. The molecule has 2 N–H and O–H groups in total. The van der Waals surface area contributed by atoms with Crippen molar-refractivity contribution in [3.8, 4) is 0 Å². The summed E-state index contributed by atoms with van der Waals surface area (Å²) < 4.78 is 0. The second kappa shape index (κ2) is 6.22. The number of nitrogens with zero attached hydrogens (tertiary/aromatic N) is 1. The fourth-order valence-electron chi connectivity index (χ4n) is 2.08. The maximum atomic E-state index is 12.1. The largest absolute Gasteiger partial charge is 0.360 e. The molecule has 3 aromatic rings. The second-order valence-corrected chi connectivity index (χ2v) is 5.44. The quantitative estimate of drug-likeness (QED) is 0.547. The van der Waals surface area contributed by atoms with E-state index in [0.717, 1.165) is 16.5 Å². The molecule has 0 aliphatic carbocycles. The third-order valence-corrected chi connectivity index (χ3v) is 3.90. The van der Waals surface area contributed by atoms with Crippen molar-refractivity contribution in [2.45, 2.75) is 0 Å². The SMILES string of the molecule is O=C(N/N=C/c1ccc(Cl)c(Cl)c1)c1c[nH]c2ccccc12. The first-order valence-corrected chi connectivity index (χ1v) is 7.25. The minimum absolute atomic E-state index is 0.284. The average molecular weight is 332 g/mol. The van der Waals surface area contributed by atoms with Crippen LogP contribution in [-0.4, -0.2) is 17.1 Å². The molecule has 3 rings (SSSR count). The van der Waals surface area contributed by atoms with Crippen molar-refractivity contribution < 1.29 is 4.79 Å². The van der Waals surface area contributed by atoms with Crippen molar-refractivity contribution in [1.82, 2.24) is 10.4 Å². The lowest BCUT2D eigenvalue weighted by atomic mass is 10.2. The van der Waals surface area contributed by atoms with Gasteiger partial charge in [0.25, 0.3) is 5.91 Å². The monoisotopic (exact) mass is 331 g/mol. The molecule has 0 fully saturated rings. The summed E-state index contributed by atoms with van der Waals surface area (Å²) in [6.07, 6.45) is 3.17. The van der Waals surface area contributed by atoms with E-state index in [9.17, 15) is 4.79 Å². The van der Waals surface area contributed by atoms with Crippen molar-refractivity contribution in [2.75, 3.05) is 0 Å². The molecule has 1 heterocycles. The van der Waals surface area contributed by atoms with E-state index in [4.69, 9.17) is 23.2 Å². The third-order valence-electron chi connectivity index (χ3n) is 3.16. The third kappa shape index (κ3) is 2.98. The number of para-hydroxylation sites is 1. The van der Waals surface area contributed by atoms with Crippen molar-refractivity contribution >= 4 is 46.2 Å². The molecule has 0 unspecified atom stereocenters. The fourth-order valence-corrected chi connectivity index (χ4v) is 2.38. The Kier molecular flexibility index (Phi) is 4.13. The molecule has 0 bridgehead atoms. The van der Waals surface area contributed by atoms with Gasteiger partial charge in [0, 0.05) is 17.1 Å². The molecular formula is C16H11Cl2N3O. The molecule has 1 aromatic heterocycles. The van der Waals surface area contributed by atoms with Crippen LogP contribution in [-0.2, 0) is 0 Å². The lowest BCUT2D eigenvalue weighted by molar-refractivity contribution is 0.0957. The Hall–Kier alpha value is -2.30. The second-order valence-electron chi connectivity index (χ2n) is 4.62. The van der Waals surface area contributed by atoms with Gasteiger partial charge in [-0.2, -0.15) is 5.10 Å². The van der Waals surface area contributed by atoms with Gasteiger partial charge in [-0.1, -0.05) is 47.5 Å². The van der Waals surface area contributed by atoms with Crippen molar-refractivity contribution in [2.24, 2.45) is 5.10 Å². The van der Waals surface area contributed by atoms with Crippen LogP contribution in [0.2, 0.25) is 10.0 Å². The molecule has 0 aliphatic heterocycles. The number of benzene rings is 2. The van der Waals surface area contributed by atoms with Gasteiger partial charge in [0.1, 0.15) is 0 Å². The van der Waals surface area contributed by atoms with Crippen LogP contribution in [0.5, 0.6) is 0 Å². The van der Waals surface area contributed by atoms with Crippen molar-refractivity contribution in [3.63, 3.8) is 0 Å².